The lowest BCUT2D eigenvalue weighted by atomic mass is 9.88. The van der Waals surface area contributed by atoms with E-state index in [1.165, 1.54) is 4.90 Å². The minimum Gasteiger partial charge on any atom is -0.394 e. The van der Waals surface area contributed by atoms with Gasteiger partial charge in [-0.2, -0.15) is 0 Å². The second-order valence-corrected chi connectivity index (χ2v) is 12.5. The summed E-state index contributed by atoms with van der Waals surface area (Å²) < 4.78 is 5.60. The molecule has 10 heteroatoms. The largest absolute Gasteiger partial charge is 0.394 e. The number of hydrogen-bond donors (Lipinski definition) is 3. The van der Waals surface area contributed by atoms with Gasteiger partial charge in [-0.15, -0.1) is 11.3 Å². The van der Waals surface area contributed by atoms with Crippen LogP contribution in [0.1, 0.15) is 75.7 Å². The van der Waals surface area contributed by atoms with Gasteiger partial charge in [-0.1, -0.05) is 64.0 Å². The Morgan fingerprint density at radius 2 is 1.92 bits per heavy atom. The smallest absolute Gasteiger partial charge is 0.243 e. The Morgan fingerprint density at radius 3 is 2.46 bits per heavy atom. The maximum absolute atomic E-state index is 13.8. The molecule has 0 saturated carbocycles. The molecular weight excluding hydrogens is 516 g/mol. The molecule has 0 bridgehead atoms. The molecule has 2 aromatic heterocycles. The van der Waals surface area contributed by atoms with E-state index in [4.69, 9.17) is 4.52 Å². The topological polar surface area (TPSA) is 129 Å². The molecule has 210 valence electrons. The van der Waals surface area contributed by atoms with Gasteiger partial charge < -0.3 is 25.0 Å². The summed E-state index contributed by atoms with van der Waals surface area (Å²) in [5.41, 5.74) is 5.01. The van der Waals surface area contributed by atoms with Crippen LogP contribution < -0.4 is 5.32 Å². The third-order valence-corrected chi connectivity index (χ3v) is 8.20. The number of aromatic nitrogens is 2. The van der Waals surface area contributed by atoms with Crippen LogP contribution in [0.25, 0.3) is 10.4 Å². The number of benzene rings is 1. The molecule has 4 rings (SSSR count). The molecule has 4 unspecified atom stereocenters. The highest BCUT2D eigenvalue weighted by Crippen LogP contribution is 2.34. The highest BCUT2D eigenvalue weighted by atomic mass is 32.1. The lowest BCUT2D eigenvalue weighted by molar-refractivity contribution is -0.141. The van der Waals surface area contributed by atoms with Crippen molar-refractivity contribution in [2.45, 2.75) is 77.5 Å². The molecule has 0 spiro atoms. The summed E-state index contributed by atoms with van der Waals surface area (Å²) in [5.74, 6) is -1.03. The Labute approximate surface area is 233 Å². The molecule has 39 heavy (non-hydrogen) atoms. The third kappa shape index (κ3) is 6.23. The summed E-state index contributed by atoms with van der Waals surface area (Å²) in [6, 6.07) is 7.90. The standard InChI is InChI=1S/C29H38N4O5S/c1-16(2)25(23-12-24(32-38-23)29(4,5)6)28(37)33-13-20(35)11-22(33)27(36)31-21(14-34)18-7-9-19(10-8-18)26-17(3)30-15-39-26/h7-10,12,15-16,20-22,25,34-35H,11,13-14H2,1-6H3,(H,31,36). The number of carbonyl (C=O) groups excluding carboxylic acids is 2. The summed E-state index contributed by atoms with van der Waals surface area (Å²) in [6.07, 6.45) is -0.708. The van der Waals surface area contributed by atoms with Crippen molar-refractivity contribution in [2.24, 2.45) is 5.92 Å². The Hall–Kier alpha value is -3.08. The molecule has 3 N–H and O–H groups in total. The first-order chi connectivity index (χ1) is 18.4. The lowest BCUT2D eigenvalue weighted by Crippen LogP contribution is -2.49. The Bertz CT molecular complexity index is 1290. The van der Waals surface area contributed by atoms with Crippen LogP contribution in [0, 0.1) is 12.8 Å². The SMILES string of the molecule is Cc1ncsc1-c1ccc(C(CO)NC(=O)C2CC(O)CN2C(=O)C(c2cc(C(C)(C)C)no2)C(C)C)cc1. The summed E-state index contributed by atoms with van der Waals surface area (Å²) in [4.78, 5) is 34.0. The fourth-order valence-electron chi connectivity index (χ4n) is 4.96. The zero-order valence-corrected chi connectivity index (χ0v) is 24.2. The van der Waals surface area contributed by atoms with E-state index in [1.54, 1.807) is 16.8 Å². The molecule has 1 aromatic carbocycles. The maximum Gasteiger partial charge on any atom is 0.243 e. The van der Waals surface area contributed by atoms with Crippen LogP contribution in [0.5, 0.6) is 0 Å². The fraction of sp³-hybridized carbons (Fsp3) is 0.517. The van der Waals surface area contributed by atoms with Crippen molar-refractivity contribution in [1.29, 1.82) is 0 Å². The Morgan fingerprint density at radius 1 is 1.23 bits per heavy atom. The van der Waals surface area contributed by atoms with E-state index >= 15 is 0 Å². The second kappa shape index (κ2) is 11.6. The summed E-state index contributed by atoms with van der Waals surface area (Å²) in [7, 11) is 0. The van der Waals surface area contributed by atoms with Gasteiger partial charge in [-0.25, -0.2) is 4.98 Å². The first kappa shape index (κ1) is 28.9. The van der Waals surface area contributed by atoms with E-state index in [0.717, 1.165) is 27.4 Å². The van der Waals surface area contributed by atoms with E-state index < -0.39 is 30.0 Å². The average molecular weight is 555 g/mol. The number of β-amino-alcohol motifs (C(OH)–C–C–N with tert-alkyl or cyclic N) is 1. The molecule has 0 radical (unpaired) electrons. The molecule has 9 nitrogen and oxygen atoms in total. The van der Waals surface area contributed by atoms with E-state index in [9.17, 15) is 19.8 Å². The van der Waals surface area contributed by atoms with Gasteiger partial charge in [0.2, 0.25) is 11.8 Å². The number of aliphatic hydroxyl groups is 2. The molecule has 1 saturated heterocycles. The van der Waals surface area contributed by atoms with Crippen molar-refractivity contribution in [3.63, 3.8) is 0 Å². The van der Waals surface area contributed by atoms with Crippen LogP contribution >= 0.6 is 11.3 Å². The van der Waals surface area contributed by atoms with Crippen molar-refractivity contribution in [1.82, 2.24) is 20.4 Å². The van der Waals surface area contributed by atoms with Crippen molar-refractivity contribution in [3.05, 3.63) is 58.6 Å². The normalized spacial score (nSPS) is 19.4. The number of likely N-dealkylation sites (tertiary alicyclic amines) is 1. The van der Waals surface area contributed by atoms with Crippen molar-refractivity contribution >= 4 is 23.2 Å². The minimum atomic E-state index is -0.869. The number of rotatable bonds is 8. The number of aliphatic hydroxyl groups excluding tert-OH is 2. The summed E-state index contributed by atoms with van der Waals surface area (Å²) >= 11 is 1.56. The number of nitrogens with one attached hydrogen (secondary N) is 1. The number of aryl methyl sites for hydroxylation is 1. The molecule has 2 amide bonds. The van der Waals surface area contributed by atoms with Crippen LogP contribution in [0.2, 0.25) is 0 Å². The third-order valence-electron chi connectivity index (χ3n) is 7.22. The van der Waals surface area contributed by atoms with Crippen LogP contribution in [0.3, 0.4) is 0 Å². The molecule has 1 aliphatic heterocycles. The zero-order valence-electron chi connectivity index (χ0n) is 23.3. The molecule has 1 fully saturated rings. The van der Waals surface area contributed by atoms with Crippen LogP contribution in [-0.4, -0.2) is 62.4 Å². The minimum absolute atomic E-state index is 0.0487. The van der Waals surface area contributed by atoms with Gasteiger partial charge in [0.1, 0.15) is 17.7 Å². The molecule has 3 heterocycles. The van der Waals surface area contributed by atoms with Crippen LogP contribution in [0.4, 0.5) is 0 Å². The van der Waals surface area contributed by atoms with Crippen LogP contribution in [-0.2, 0) is 15.0 Å². The van der Waals surface area contributed by atoms with Crippen molar-refractivity contribution < 1.29 is 24.3 Å². The van der Waals surface area contributed by atoms with Gasteiger partial charge in [0, 0.05) is 24.4 Å². The highest BCUT2D eigenvalue weighted by molar-refractivity contribution is 7.13. The Balaban J connectivity index is 1.51. The number of thiazole rings is 1. The van der Waals surface area contributed by atoms with Gasteiger partial charge in [0.15, 0.2) is 0 Å². The van der Waals surface area contributed by atoms with E-state index in [2.05, 4.69) is 15.5 Å². The molecular formula is C29H38N4O5S. The first-order valence-corrected chi connectivity index (χ1v) is 14.2. The predicted octanol–water partition coefficient (Wildman–Crippen LogP) is 3.96. The summed E-state index contributed by atoms with van der Waals surface area (Å²) in [6.45, 7) is 11.6. The number of hydrogen-bond acceptors (Lipinski definition) is 8. The highest BCUT2D eigenvalue weighted by Gasteiger charge is 2.43. The maximum atomic E-state index is 13.8. The van der Waals surface area contributed by atoms with E-state index in [-0.39, 0.29) is 36.8 Å². The fourth-order valence-corrected chi connectivity index (χ4v) is 5.77. The molecule has 0 aliphatic carbocycles. The quantitative estimate of drug-likeness (QED) is 0.384. The number of amides is 2. The van der Waals surface area contributed by atoms with Gasteiger partial charge in [0.25, 0.3) is 0 Å². The molecule has 4 atom stereocenters. The lowest BCUT2D eigenvalue weighted by Gasteiger charge is -2.29. The van der Waals surface area contributed by atoms with E-state index in [1.807, 2.05) is 71.9 Å². The van der Waals surface area contributed by atoms with Gasteiger partial charge in [0.05, 0.1) is 40.5 Å². The van der Waals surface area contributed by atoms with Crippen molar-refractivity contribution in [2.75, 3.05) is 13.2 Å². The van der Waals surface area contributed by atoms with Gasteiger partial charge in [-0.3, -0.25) is 9.59 Å². The first-order valence-electron chi connectivity index (χ1n) is 13.3. The number of nitrogens with zero attached hydrogens (tertiary/aromatic N) is 3. The van der Waals surface area contributed by atoms with Gasteiger partial charge in [-0.05, 0) is 24.0 Å². The monoisotopic (exact) mass is 554 g/mol. The van der Waals surface area contributed by atoms with E-state index in [0.29, 0.717) is 5.76 Å². The zero-order chi connectivity index (χ0) is 28.5. The predicted molar refractivity (Wildman–Crippen MR) is 149 cm³/mol. The second-order valence-electron chi connectivity index (χ2n) is 11.6. The molecule has 1 aliphatic rings. The average Bonchev–Trinajstić information content (AvgIpc) is 3.62. The van der Waals surface area contributed by atoms with Crippen molar-refractivity contribution in [3.8, 4) is 10.4 Å². The summed E-state index contributed by atoms with van der Waals surface area (Å²) in [5, 5.41) is 27.6. The number of carbonyl (C=O) groups is 2. The van der Waals surface area contributed by atoms with Gasteiger partial charge >= 0.3 is 0 Å². The molecule has 3 aromatic rings. The van der Waals surface area contributed by atoms with Crippen LogP contribution in [0.15, 0.2) is 40.4 Å². The Kier molecular flexibility index (Phi) is 8.58.